The van der Waals surface area contributed by atoms with Crippen molar-refractivity contribution in [1.82, 2.24) is 15.2 Å². The van der Waals surface area contributed by atoms with Gasteiger partial charge in [0, 0.05) is 10.9 Å². The van der Waals surface area contributed by atoms with E-state index in [1.165, 1.54) is 0 Å². The first kappa shape index (κ1) is 12.4. The molecule has 0 amide bonds. The second-order valence-electron chi connectivity index (χ2n) is 3.87. The van der Waals surface area contributed by atoms with Gasteiger partial charge in [-0.2, -0.15) is 5.10 Å². The van der Waals surface area contributed by atoms with Crippen LogP contribution in [0.3, 0.4) is 0 Å². The number of halogens is 1. The summed E-state index contributed by atoms with van der Waals surface area (Å²) in [7, 11) is 0. The summed E-state index contributed by atoms with van der Waals surface area (Å²) in [6.45, 7) is 8.07. The second kappa shape index (κ2) is 5.39. The predicted molar refractivity (Wildman–Crippen MR) is 65.4 cm³/mol. The molecule has 0 aromatic carbocycles. The Kier molecular flexibility index (Phi) is 4.45. The van der Waals surface area contributed by atoms with E-state index in [1.807, 2.05) is 13.8 Å². The summed E-state index contributed by atoms with van der Waals surface area (Å²) in [6.07, 6.45) is 1.02. The SMILES string of the molecule is Cc1nnc(NC(C)CC(C)Br)nc1C. The van der Waals surface area contributed by atoms with Crippen molar-refractivity contribution in [3.05, 3.63) is 11.4 Å². The summed E-state index contributed by atoms with van der Waals surface area (Å²) < 4.78 is 0. The zero-order valence-electron chi connectivity index (χ0n) is 9.58. The first-order valence-electron chi connectivity index (χ1n) is 5.07. The molecule has 1 N–H and O–H groups in total. The number of aryl methyl sites for hydroxylation is 2. The highest BCUT2D eigenvalue weighted by Crippen LogP contribution is 2.10. The fraction of sp³-hybridized carbons (Fsp3) is 0.700. The highest BCUT2D eigenvalue weighted by atomic mass is 79.9. The molecule has 2 unspecified atom stereocenters. The van der Waals surface area contributed by atoms with Crippen LogP contribution < -0.4 is 5.32 Å². The van der Waals surface area contributed by atoms with E-state index in [2.05, 4.69) is 50.3 Å². The van der Waals surface area contributed by atoms with E-state index >= 15 is 0 Å². The number of hydrogen-bond donors (Lipinski definition) is 1. The van der Waals surface area contributed by atoms with E-state index in [0.717, 1.165) is 17.8 Å². The van der Waals surface area contributed by atoms with Gasteiger partial charge in [0.25, 0.3) is 0 Å². The normalized spacial score (nSPS) is 14.7. The summed E-state index contributed by atoms with van der Waals surface area (Å²) in [4.78, 5) is 4.81. The molecular weight excluding hydrogens is 256 g/mol. The number of hydrogen-bond acceptors (Lipinski definition) is 4. The number of aromatic nitrogens is 3. The van der Waals surface area contributed by atoms with Crippen LogP contribution in [0.1, 0.15) is 31.7 Å². The first-order chi connectivity index (χ1) is 6.99. The Morgan fingerprint density at radius 2 is 1.87 bits per heavy atom. The number of anilines is 1. The highest BCUT2D eigenvalue weighted by molar-refractivity contribution is 9.09. The van der Waals surface area contributed by atoms with Crippen LogP contribution in [0.15, 0.2) is 0 Å². The smallest absolute Gasteiger partial charge is 0.243 e. The minimum Gasteiger partial charge on any atom is -0.350 e. The van der Waals surface area contributed by atoms with Crippen molar-refractivity contribution < 1.29 is 0 Å². The van der Waals surface area contributed by atoms with Gasteiger partial charge in [-0.15, -0.1) is 5.10 Å². The zero-order chi connectivity index (χ0) is 11.4. The summed E-state index contributed by atoms with van der Waals surface area (Å²) in [5.41, 5.74) is 1.80. The van der Waals surface area contributed by atoms with Crippen molar-refractivity contribution in [3.63, 3.8) is 0 Å². The minimum absolute atomic E-state index is 0.336. The van der Waals surface area contributed by atoms with E-state index in [1.54, 1.807) is 0 Å². The van der Waals surface area contributed by atoms with Crippen LogP contribution in [0.2, 0.25) is 0 Å². The fourth-order valence-electron chi connectivity index (χ4n) is 1.28. The maximum Gasteiger partial charge on any atom is 0.243 e. The van der Waals surface area contributed by atoms with Gasteiger partial charge in [0.2, 0.25) is 5.95 Å². The third kappa shape index (κ3) is 4.11. The Bertz CT molecular complexity index is 327. The lowest BCUT2D eigenvalue weighted by atomic mass is 10.2. The molecule has 0 aliphatic carbocycles. The third-order valence-electron chi connectivity index (χ3n) is 2.15. The van der Waals surface area contributed by atoms with Crippen molar-refractivity contribution >= 4 is 21.9 Å². The lowest BCUT2D eigenvalue weighted by Gasteiger charge is -2.14. The number of rotatable bonds is 4. The Balaban J connectivity index is 2.60. The molecule has 0 bridgehead atoms. The summed E-state index contributed by atoms with van der Waals surface area (Å²) >= 11 is 3.52. The van der Waals surface area contributed by atoms with Crippen LogP contribution in [-0.4, -0.2) is 26.1 Å². The van der Waals surface area contributed by atoms with Crippen LogP contribution in [0.25, 0.3) is 0 Å². The number of nitrogens with one attached hydrogen (secondary N) is 1. The van der Waals surface area contributed by atoms with Gasteiger partial charge in [0.05, 0.1) is 11.4 Å². The molecule has 4 nitrogen and oxygen atoms in total. The monoisotopic (exact) mass is 272 g/mol. The predicted octanol–water partition coefficient (Wildman–Crippen LogP) is 2.46. The van der Waals surface area contributed by atoms with Gasteiger partial charge in [-0.25, -0.2) is 4.98 Å². The van der Waals surface area contributed by atoms with Crippen molar-refractivity contribution in [1.29, 1.82) is 0 Å². The largest absolute Gasteiger partial charge is 0.350 e. The lowest BCUT2D eigenvalue weighted by Crippen LogP contribution is -2.20. The number of alkyl halides is 1. The standard InChI is InChI=1S/C10H17BrN4/c1-6(11)5-7(2)12-10-13-8(3)9(4)14-15-10/h6-7H,5H2,1-4H3,(H,12,13,15). The highest BCUT2D eigenvalue weighted by Gasteiger charge is 2.08. The summed E-state index contributed by atoms with van der Waals surface area (Å²) in [6, 6.07) is 0.336. The molecule has 15 heavy (non-hydrogen) atoms. The molecule has 1 aromatic rings. The molecule has 1 heterocycles. The van der Waals surface area contributed by atoms with Crippen LogP contribution >= 0.6 is 15.9 Å². The zero-order valence-corrected chi connectivity index (χ0v) is 11.2. The van der Waals surface area contributed by atoms with Crippen LogP contribution in [0, 0.1) is 13.8 Å². The summed E-state index contributed by atoms with van der Waals surface area (Å²) in [5.74, 6) is 0.610. The molecule has 84 valence electrons. The molecule has 0 radical (unpaired) electrons. The van der Waals surface area contributed by atoms with E-state index in [0.29, 0.717) is 16.8 Å². The molecule has 0 saturated carbocycles. The number of nitrogens with zero attached hydrogens (tertiary/aromatic N) is 3. The van der Waals surface area contributed by atoms with E-state index < -0.39 is 0 Å². The van der Waals surface area contributed by atoms with Gasteiger partial charge in [-0.05, 0) is 27.2 Å². The Hall–Kier alpha value is -0.710. The average Bonchev–Trinajstić information content (AvgIpc) is 2.10. The van der Waals surface area contributed by atoms with Crippen molar-refractivity contribution in [2.75, 3.05) is 5.32 Å². The van der Waals surface area contributed by atoms with Gasteiger partial charge in [0.1, 0.15) is 0 Å². The van der Waals surface area contributed by atoms with Crippen molar-refractivity contribution in [2.24, 2.45) is 0 Å². The molecule has 1 rings (SSSR count). The van der Waals surface area contributed by atoms with Gasteiger partial charge in [-0.3, -0.25) is 0 Å². The van der Waals surface area contributed by atoms with Crippen LogP contribution in [-0.2, 0) is 0 Å². The van der Waals surface area contributed by atoms with Gasteiger partial charge in [-0.1, -0.05) is 22.9 Å². The Labute approximate surface area is 99.0 Å². The molecule has 5 heteroatoms. The second-order valence-corrected chi connectivity index (χ2v) is 5.43. The molecule has 0 spiro atoms. The van der Waals surface area contributed by atoms with Gasteiger partial charge >= 0.3 is 0 Å². The topological polar surface area (TPSA) is 50.7 Å². The maximum absolute atomic E-state index is 4.32. The van der Waals surface area contributed by atoms with E-state index in [9.17, 15) is 0 Å². The van der Waals surface area contributed by atoms with Crippen molar-refractivity contribution in [3.8, 4) is 0 Å². The quantitative estimate of drug-likeness (QED) is 0.856. The van der Waals surface area contributed by atoms with Crippen molar-refractivity contribution in [2.45, 2.75) is 45.0 Å². The molecule has 0 saturated heterocycles. The van der Waals surface area contributed by atoms with Gasteiger partial charge < -0.3 is 5.32 Å². The first-order valence-corrected chi connectivity index (χ1v) is 5.99. The van der Waals surface area contributed by atoms with E-state index in [-0.39, 0.29) is 0 Å². The summed E-state index contributed by atoms with van der Waals surface area (Å²) in [5, 5.41) is 11.2. The average molecular weight is 273 g/mol. The molecule has 0 aliphatic heterocycles. The lowest BCUT2D eigenvalue weighted by molar-refractivity contribution is 0.695. The molecule has 0 fully saturated rings. The van der Waals surface area contributed by atoms with Crippen LogP contribution in [0.5, 0.6) is 0 Å². The molecule has 1 aromatic heterocycles. The molecule has 2 atom stereocenters. The maximum atomic E-state index is 4.32. The fourth-order valence-corrected chi connectivity index (χ4v) is 1.85. The Morgan fingerprint density at radius 1 is 1.20 bits per heavy atom. The van der Waals surface area contributed by atoms with Crippen LogP contribution in [0.4, 0.5) is 5.95 Å². The minimum atomic E-state index is 0.336. The van der Waals surface area contributed by atoms with Gasteiger partial charge in [0.15, 0.2) is 0 Å². The molecule has 0 aliphatic rings. The molecular formula is C10H17BrN4. The Morgan fingerprint density at radius 3 is 2.40 bits per heavy atom. The third-order valence-corrected chi connectivity index (χ3v) is 2.52. The van der Waals surface area contributed by atoms with E-state index in [4.69, 9.17) is 0 Å².